The Labute approximate surface area is 172 Å². The number of carboxylic acid groups (broad SMARTS) is 2. The fourth-order valence-corrected chi connectivity index (χ4v) is 2.40. The molecule has 30 heavy (non-hydrogen) atoms. The van der Waals surface area contributed by atoms with E-state index in [1.54, 1.807) is 31.2 Å². The first kappa shape index (κ1) is 24.1. The van der Waals surface area contributed by atoms with Crippen LogP contribution in [0.3, 0.4) is 0 Å². The van der Waals surface area contributed by atoms with Crippen molar-refractivity contribution in [3.05, 3.63) is 35.9 Å². The second-order valence-corrected chi connectivity index (χ2v) is 6.31. The number of hydrogen-bond acceptors (Lipinski definition) is 5. The van der Waals surface area contributed by atoms with E-state index in [2.05, 4.69) is 15.6 Å². The third-order valence-corrected chi connectivity index (χ3v) is 3.78. The van der Waals surface area contributed by atoms with Crippen LogP contribution in [0.4, 0.5) is 5.69 Å². The summed E-state index contributed by atoms with van der Waals surface area (Å²) >= 11 is 0. The van der Waals surface area contributed by atoms with Crippen LogP contribution in [0.25, 0.3) is 6.08 Å². The van der Waals surface area contributed by atoms with E-state index in [0.717, 1.165) is 6.08 Å². The van der Waals surface area contributed by atoms with Gasteiger partial charge in [-0.25, -0.2) is 9.79 Å². The Morgan fingerprint density at radius 3 is 2.20 bits per heavy atom. The van der Waals surface area contributed by atoms with E-state index >= 15 is 0 Å². The molecule has 162 valence electrons. The minimum Gasteiger partial charge on any atom is -0.481 e. The number of rotatable bonds is 11. The van der Waals surface area contributed by atoms with Gasteiger partial charge in [-0.05, 0) is 30.2 Å². The average Bonchev–Trinajstić information content (AvgIpc) is 2.65. The molecule has 0 saturated carbocycles. The number of hydrogen-bond donors (Lipinski definition) is 6. The van der Waals surface area contributed by atoms with Gasteiger partial charge in [-0.3, -0.25) is 14.4 Å². The Bertz CT molecular complexity index is 830. The number of aliphatic carboxylic acids is 2. The van der Waals surface area contributed by atoms with Crippen LogP contribution in [-0.2, 0) is 19.2 Å². The highest BCUT2D eigenvalue weighted by atomic mass is 16.4. The summed E-state index contributed by atoms with van der Waals surface area (Å²) in [5, 5.41) is 22.6. The van der Waals surface area contributed by atoms with E-state index in [1.165, 1.54) is 6.08 Å². The fraction of sp³-hybridized carbons (Fsp3) is 0.316. The zero-order valence-electron chi connectivity index (χ0n) is 16.4. The Kier molecular flexibility index (Phi) is 9.53. The van der Waals surface area contributed by atoms with Gasteiger partial charge in [0.1, 0.15) is 12.1 Å². The van der Waals surface area contributed by atoms with Crippen molar-refractivity contribution >= 4 is 41.5 Å². The lowest BCUT2D eigenvalue weighted by molar-refractivity contribution is -0.143. The highest BCUT2D eigenvalue weighted by Gasteiger charge is 2.27. The quantitative estimate of drug-likeness (QED) is 0.163. The molecule has 1 aromatic carbocycles. The molecule has 0 heterocycles. The largest absolute Gasteiger partial charge is 0.481 e. The van der Waals surface area contributed by atoms with Gasteiger partial charge in [-0.2, -0.15) is 0 Å². The molecule has 0 aliphatic heterocycles. The lowest BCUT2D eigenvalue weighted by Gasteiger charge is -2.19. The molecule has 8 N–H and O–H groups in total. The van der Waals surface area contributed by atoms with Crippen molar-refractivity contribution < 1.29 is 29.4 Å². The maximum absolute atomic E-state index is 12.3. The summed E-state index contributed by atoms with van der Waals surface area (Å²) in [5.41, 5.74) is 11.7. The molecule has 0 bridgehead atoms. The topological polar surface area (TPSA) is 197 Å². The van der Waals surface area contributed by atoms with E-state index in [9.17, 15) is 19.2 Å². The number of carboxylic acids is 2. The van der Waals surface area contributed by atoms with Crippen LogP contribution in [0.2, 0.25) is 0 Å². The van der Waals surface area contributed by atoms with Crippen molar-refractivity contribution in [3.63, 3.8) is 0 Å². The molecule has 2 atom stereocenters. The highest BCUT2D eigenvalue weighted by molar-refractivity contribution is 5.97. The predicted molar refractivity (Wildman–Crippen MR) is 110 cm³/mol. The number of nitrogens with one attached hydrogen (secondary N) is 2. The van der Waals surface area contributed by atoms with Gasteiger partial charge in [-0.1, -0.05) is 25.5 Å². The summed E-state index contributed by atoms with van der Waals surface area (Å²) in [4.78, 5) is 50.5. The van der Waals surface area contributed by atoms with Gasteiger partial charge in [0.15, 0.2) is 5.96 Å². The molecule has 2 amide bonds. The lowest BCUT2D eigenvalue weighted by atomic mass is 10.1. The summed E-state index contributed by atoms with van der Waals surface area (Å²) in [6, 6.07) is 3.94. The molecule has 0 saturated heterocycles. The van der Waals surface area contributed by atoms with Crippen molar-refractivity contribution in [1.29, 1.82) is 0 Å². The summed E-state index contributed by atoms with van der Waals surface area (Å²) in [6.07, 6.45) is 2.54. The molecule has 11 nitrogen and oxygen atoms in total. The molecule has 0 aliphatic carbocycles. The minimum absolute atomic E-state index is 0.0931. The number of carbonyl (C=O) groups is 4. The first-order valence-electron chi connectivity index (χ1n) is 9.05. The van der Waals surface area contributed by atoms with E-state index in [0.29, 0.717) is 17.7 Å². The van der Waals surface area contributed by atoms with Crippen molar-refractivity contribution in [3.8, 4) is 0 Å². The van der Waals surface area contributed by atoms with Crippen LogP contribution in [0, 0.1) is 0 Å². The summed E-state index contributed by atoms with van der Waals surface area (Å²) in [7, 11) is 0. The van der Waals surface area contributed by atoms with Crippen LogP contribution in [-0.4, -0.2) is 52.0 Å². The zero-order chi connectivity index (χ0) is 22.7. The van der Waals surface area contributed by atoms with Gasteiger partial charge < -0.3 is 32.3 Å². The number of guanidine groups is 1. The second kappa shape index (κ2) is 11.8. The number of nitrogens with two attached hydrogens (primary N) is 2. The predicted octanol–water partition coefficient (Wildman–Crippen LogP) is -0.0663. The molecular formula is C19H25N5O6. The Morgan fingerprint density at radius 1 is 1.07 bits per heavy atom. The van der Waals surface area contributed by atoms with Gasteiger partial charge in [0, 0.05) is 6.08 Å². The van der Waals surface area contributed by atoms with Crippen LogP contribution in [0.1, 0.15) is 31.7 Å². The molecule has 0 fully saturated rings. The van der Waals surface area contributed by atoms with Crippen LogP contribution in [0.15, 0.2) is 35.3 Å². The van der Waals surface area contributed by atoms with E-state index in [1.807, 2.05) is 0 Å². The maximum atomic E-state index is 12.3. The molecule has 1 rings (SSSR count). The van der Waals surface area contributed by atoms with Crippen LogP contribution in [0.5, 0.6) is 0 Å². The lowest BCUT2D eigenvalue weighted by Crippen LogP contribution is -2.52. The van der Waals surface area contributed by atoms with Gasteiger partial charge in [0.25, 0.3) is 0 Å². The van der Waals surface area contributed by atoms with Gasteiger partial charge >= 0.3 is 11.9 Å². The summed E-state index contributed by atoms with van der Waals surface area (Å²) in [6.45, 7) is 1.74. The summed E-state index contributed by atoms with van der Waals surface area (Å²) in [5.74, 6) is -4.26. The van der Waals surface area contributed by atoms with E-state index in [-0.39, 0.29) is 12.4 Å². The third kappa shape index (κ3) is 8.87. The molecule has 0 radical (unpaired) electrons. The first-order valence-corrected chi connectivity index (χ1v) is 9.05. The number of carbonyl (C=O) groups excluding carboxylic acids is 2. The van der Waals surface area contributed by atoms with Crippen LogP contribution < -0.4 is 22.1 Å². The zero-order valence-corrected chi connectivity index (χ0v) is 16.4. The van der Waals surface area contributed by atoms with Gasteiger partial charge in [0.2, 0.25) is 11.8 Å². The number of benzene rings is 1. The Balaban J connectivity index is 2.81. The minimum atomic E-state index is -1.43. The van der Waals surface area contributed by atoms with Crippen molar-refractivity contribution in [2.75, 3.05) is 0 Å². The SMILES string of the molecule is CCC[C@H](NC(=O)[C@H](CC(=O)O)NC(=O)C=Cc1ccc(N=C(N)N)cc1)C(=O)O. The van der Waals surface area contributed by atoms with E-state index in [4.69, 9.17) is 21.7 Å². The third-order valence-electron chi connectivity index (χ3n) is 3.78. The molecule has 0 aliphatic rings. The van der Waals surface area contributed by atoms with Gasteiger partial charge in [0.05, 0.1) is 12.1 Å². The monoisotopic (exact) mass is 419 g/mol. The van der Waals surface area contributed by atoms with Crippen molar-refractivity contribution in [2.24, 2.45) is 16.5 Å². The van der Waals surface area contributed by atoms with Crippen molar-refractivity contribution in [2.45, 2.75) is 38.3 Å². The molecule has 0 unspecified atom stereocenters. The number of amides is 2. The normalized spacial score (nSPS) is 12.6. The van der Waals surface area contributed by atoms with Crippen LogP contribution >= 0.6 is 0 Å². The fourth-order valence-electron chi connectivity index (χ4n) is 2.40. The van der Waals surface area contributed by atoms with Crippen molar-refractivity contribution in [1.82, 2.24) is 10.6 Å². The maximum Gasteiger partial charge on any atom is 0.326 e. The molecule has 0 aromatic heterocycles. The highest BCUT2D eigenvalue weighted by Crippen LogP contribution is 2.13. The summed E-state index contributed by atoms with van der Waals surface area (Å²) < 4.78 is 0. The molecule has 1 aromatic rings. The molecule has 0 spiro atoms. The molecule has 11 heteroatoms. The molecular weight excluding hydrogens is 394 g/mol. The number of aliphatic imine (C=N–C) groups is 1. The smallest absolute Gasteiger partial charge is 0.326 e. The average molecular weight is 419 g/mol. The standard InChI is InChI=1S/C19H25N5O6/c1-2-3-13(18(29)30)24-17(28)14(10-16(26)27)23-15(25)9-6-11-4-7-12(8-5-11)22-19(20)21/h4-9,13-14H,2-3,10H2,1H3,(H,23,25)(H,24,28)(H,26,27)(H,29,30)(H4,20,21,22)/t13-,14-/m0/s1. The second-order valence-electron chi connectivity index (χ2n) is 6.31. The first-order chi connectivity index (χ1) is 14.1. The Hall–Kier alpha value is -3.89. The Morgan fingerprint density at radius 2 is 1.70 bits per heavy atom. The van der Waals surface area contributed by atoms with Gasteiger partial charge in [-0.15, -0.1) is 0 Å². The van der Waals surface area contributed by atoms with E-state index < -0.39 is 42.3 Å². The number of nitrogens with zero attached hydrogens (tertiary/aromatic N) is 1.